The number of nitro benzene ring substituents is 2. The summed E-state index contributed by atoms with van der Waals surface area (Å²) in [6, 6.07) is 37.7. The number of carbonyl (C=O) groups excluding carboxylic acids is 2. The summed E-state index contributed by atoms with van der Waals surface area (Å²) >= 11 is 1.31. The quantitative estimate of drug-likeness (QED) is 0.0327. The van der Waals surface area contributed by atoms with Gasteiger partial charge in [0, 0.05) is 34.7 Å². The highest BCUT2D eigenvalue weighted by atomic mass is 32.2. The molecule has 0 saturated carbocycles. The van der Waals surface area contributed by atoms with Crippen LogP contribution in [0.5, 0.6) is 0 Å². The topological polar surface area (TPSA) is 153 Å². The predicted octanol–water partition coefficient (Wildman–Crippen LogP) is 7.19. The Labute approximate surface area is 322 Å². The first-order valence-electron chi connectivity index (χ1n) is 17.3. The fourth-order valence-corrected chi connectivity index (χ4v) is 11.5. The third-order valence-corrected chi connectivity index (χ3v) is 14.3. The van der Waals surface area contributed by atoms with Crippen LogP contribution in [-0.4, -0.2) is 49.5 Å². The first kappa shape index (κ1) is 38.9. The van der Waals surface area contributed by atoms with E-state index in [1.54, 1.807) is 26.0 Å². The van der Waals surface area contributed by atoms with E-state index < -0.39 is 46.0 Å². The maximum atomic E-state index is 13.9. The lowest BCUT2D eigenvalue weighted by molar-refractivity contribution is -0.385. The Hall–Kier alpha value is -5.81. The van der Waals surface area contributed by atoms with E-state index in [9.17, 15) is 34.9 Å². The van der Waals surface area contributed by atoms with Crippen molar-refractivity contribution in [3.8, 4) is 11.1 Å². The van der Waals surface area contributed by atoms with Crippen molar-refractivity contribution in [1.82, 2.24) is 4.90 Å². The number of carbonyl (C=O) groups is 2. The molecule has 1 amide bonds. The fourth-order valence-electron chi connectivity index (χ4n) is 6.67. The van der Waals surface area contributed by atoms with E-state index >= 15 is 0 Å². The van der Waals surface area contributed by atoms with Gasteiger partial charge in [-0.25, -0.2) is 4.79 Å². The highest BCUT2D eigenvalue weighted by Gasteiger charge is 2.53. The van der Waals surface area contributed by atoms with Crippen LogP contribution in [0.2, 0.25) is 0 Å². The number of nitrogens with zero attached hydrogens (tertiary/aromatic N) is 3. The summed E-state index contributed by atoms with van der Waals surface area (Å²) in [5.41, 5.74) is 2.36. The lowest BCUT2D eigenvalue weighted by atomic mass is 9.91. The minimum absolute atomic E-state index is 0.0296. The van der Waals surface area contributed by atoms with Crippen LogP contribution >= 0.6 is 18.6 Å². The van der Waals surface area contributed by atoms with Crippen molar-refractivity contribution >= 4 is 64.1 Å². The van der Waals surface area contributed by atoms with Crippen LogP contribution in [0.15, 0.2) is 144 Å². The number of thioether (sulfide) groups is 1. The molecular weight excluding hydrogens is 738 g/mol. The Morgan fingerprint density at radius 1 is 0.836 bits per heavy atom. The number of benzene rings is 5. The normalized spacial score (nSPS) is 15.8. The van der Waals surface area contributed by atoms with Crippen molar-refractivity contribution in [3.05, 3.63) is 164 Å². The number of hydrogen-bond donors (Lipinski definition) is 1. The van der Waals surface area contributed by atoms with Crippen LogP contribution in [0, 0.1) is 26.1 Å². The van der Waals surface area contributed by atoms with Gasteiger partial charge in [-0.3, -0.25) is 29.9 Å². The van der Waals surface area contributed by atoms with E-state index in [4.69, 9.17) is 11.0 Å². The van der Waals surface area contributed by atoms with Crippen LogP contribution in [-0.2, 0) is 20.9 Å². The van der Waals surface area contributed by atoms with Crippen LogP contribution < -0.4 is 15.9 Å². The number of ether oxygens (including phenoxy) is 1. The zero-order valence-corrected chi connectivity index (χ0v) is 32.0. The number of hydrogen-bond acceptors (Lipinski definition) is 9. The number of allylic oxidation sites excluding steroid dienone is 1. The largest absolute Gasteiger partial charge is 0.456 e. The number of esters is 1. The molecule has 11 nitrogen and oxygen atoms in total. The first-order chi connectivity index (χ1) is 26.3. The van der Waals surface area contributed by atoms with Gasteiger partial charge < -0.3 is 9.84 Å². The minimum atomic E-state index is -2.63. The van der Waals surface area contributed by atoms with Gasteiger partial charge >= 0.3 is 5.97 Å². The van der Waals surface area contributed by atoms with Crippen molar-refractivity contribution < 1.29 is 29.3 Å². The fraction of sp³-hybridized carbons (Fsp3) is 0.167. The Balaban J connectivity index is 1.46. The lowest BCUT2D eigenvalue weighted by Crippen LogP contribution is -2.63. The van der Waals surface area contributed by atoms with E-state index in [-0.39, 0.29) is 23.7 Å². The summed E-state index contributed by atoms with van der Waals surface area (Å²) in [6.07, 6.45) is 3.90. The number of aliphatic hydroxyl groups excluding tert-OH is 1. The maximum absolute atomic E-state index is 13.9. The zero-order valence-electron chi connectivity index (χ0n) is 30.3. The van der Waals surface area contributed by atoms with Crippen LogP contribution in [0.1, 0.15) is 26.3 Å². The molecule has 55 heavy (non-hydrogen) atoms. The van der Waals surface area contributed by atoms with Crippen molar-refractivity contribution in [2.75, 3.05) is 0 Å². The smallest absolute Gasteiger partial charge is 0.355 e. The molecule has 1 fully saturated rings. The molecule has 1 aliphatic heterocycles. The van der Waals surface area contributed by atoms with Crippen molar-refractivity contribution in [1.29, 1.82) is 0 Å². The van der Waals surface area contributed by atoms with Crippen LogP contribution in [0.3, 0.4) is 0 Å². The zero-order chi connectivity index (χ0) is 39.4. The van der Waals surface area contributed by atoms with E-state index in [0.29, 0.717) is 21.6 Å². The molecule has 0 spiro atoms. The second-order valence-electron chi connectivity index (χ2n) is 13.3. The molecule has 0 aromatic heterocycles. The predicted molar refractivity (Wildman–Crippen MR) is 217 cm³/mol. The molecule has 1 N–H and O–H groups in total. The average Bonchev–Trinajstić information content (AvgIpc) is 3.18. The number of β-lactam (4-membered cyclic amide) rings is 1. The lowest BCUT2D eigenvalue weighted by Gasteiger charge is -2.48. The molecule has 280 valence electrons. The molecule has 1 saturated heterocycles. The summed E-state index contributed by atoms with van der Waals surface area (Å²) in [4.78, 5) is 51.5. The summed E-state index contributed by atoms with van der Waals surface area (Å²) in [5, 5.41) is 35.9. The monoisotopic (exact) mass is 775 g/mol. The average molecular weight is 776 g/mol. The standard InChI is InChI=1S/C42H38N3O8PS/c1-27(2)39(42(48)53-26-29-18-22-31(23-19-29)44(49)50)43-40(47)37(28(3)46)41(43)55-36-17-11-16-35(38(36)30-20-24-32(25-21-30)45(51)52)54(4,33-12-7-5-8-13-33)34-14-9-6-10-15-34/h5-25,28,37,41,46H,4,26H2,1-3H3/t28-,37-,41-/m1/s1. The molecule has 13 heteroatoms. The highest BCUT2D eigenvalue weighted by Crippen LogP contribution is 2.50. The van der Waals surface area contributed by atoms with Gasteiger partial charge in [0.15, 0.2) is 0 Å². The Bertz CT molecular complexity index is 2290. The second kappa shape index (κ2) is 16.3. The highest BCUT2D eigenvalue weighted by molar-refractivity contribution is 8.00. The molecule has 0 unspecified atom stereocenters. The molecule has 0 aliphatic carbocycles. The second-order valence-corrected chi connectivity index (χ2v) is 17.6. The summed E-state index contributed by atoms with van der Waals surface area (Å²) in [5.74, 6) is -2.09. The Morgan fingerprint density at radius 2 is 1.36 bits per heavy atom. The molecule has 6 rings (SSSR count). The van der Waals surface area contributed by atoms with Crippen molar-refractivity contribution in [3.63, 3.8) is 0 Å². The van der Waals surface area contributed by atoms with Gasteiger partial charge in [0.2, 0.25) is 5.91 Å². The third kappa shape index (κ3) is 7.75. The summed E-state index contributed by atoms with van der Waals surface area (Å²) in [7, 11) is 0. The number of amides is 1. The molecule has 1 heterocycles. The maximum Gasteiger partial charge on any atom is 0.355 e. The van der Waals surface area contributed by atoms with E-state index in [1.165, 1.54) is 60.0 Å². The summed E-state index contributed by atoms with van der Waals surface area (Å²) in [6.45, 7) is 2.10. The van der Waals surface area contributed by atoms with Gasteiger partial charge in [0.1, 0.15) is 17.7 Å². The van der Waals surface area contributed by atoms with Crippen LogP contribution in [0.4, 0.5) is 11.4 Å². The molecule has 3 atom stereocenters. The Morgan fingerprint density at radius 3 is 1.85 bits per heavy atom. The molecule has 5 aromatic carbocycles. The minimum Gasteiger partial charge on any atom is -0.456 e. The van der Waals surface area contributed by atoms with Gasteiger partial charge in [0.05, 0.1) is 21.9 Å². The number of aliphatic hydroxyl groups is 1. The van der Waals surface area contributed by atoms with Crippen molar-refractivity contribution in [2.45, 2.75) is 43.8 Å². The van der Waals surface area contributed by atoms with Gasteiger partial charge in [-0.2, -0.15) is 0 Å². The van der Waals surface area contributed by atoms with E-state index in [2.05, 4.69) is 0 Å². The van der Waals surface area contributed by atoms with Crippen LogP contribution in [0.25, 0.3) is 11.1 Å². The Kier molecular flexibility index (Phi) is 11.5. The molecule has 0 radical (unpaired) electrons. The first-order valence-corrected chi connectivity index (χ1v) is 20.2. The molecule has 0 bridgehead atoms. The molecular formula is C42H38N3O8PS. The molecule has 5 aromatic rings. The third-order valence-electron chi connectivity index (χ3n) is 9.45. The van der Waals surface area contributed by atoms with Gasteiger partial charge in [0.25, 0.3) is 11.4 Å². The SMILES string of the molecule is C=P(c1ccccc1)(c1ccccc1)c1cccc(S[C@@H]2[C@H]([C@@H](C)O)C(=O)N2C(C(=O)OCc2ccc([N+](=O)[O-])cc2)=C(C)C)c1-c1ccc([N+](=O)[O-])cc1. The van der Waals surface area contributed by atoms with Gasteiger partial charge in [-0.05, 0) is 90.6 Å². The number of nitro groups is 2. The summed E-state index contributed by atoms with van der Waals surface area (Å²) < 4.78 is 5.65. The number of non-ortho nitro benzene ring substituents is 2. The van der Waals surface area contributed by atoms with Crippen molar-refractivity contribution in [2.24, 2.45) is 5.92 Å². The number of likely N-dealkylation sites (tertiary alicyclic amines) is 1. The van der Waals surface area contributed by atoms with E-state index in [1.807, 2.05) is 78.9 Å². The number of rotatable bonds is 13. The van der Waals surface area contributed by atoms with E-state index in [0.717, 1.165) is 21.5 Å². The van der Waals surface area contributed by atoms with Gasteiger partial charge in [-0.1, -0.05) is 90.9 Å². The molecule has 1 aliphatic rings. The van der Waals surface area contributed by atoms with Gasteiger partial charge in [-0.15, -0.1) is 0 Å².